The zero-order valence-corrected chi connectivity index (χ0v) is 37.7. The number of rotatable bonds is 27. The minimum absolute atomic E-state index is 0.422. The summed E-state index contributed by atoms with van der Waals surface area (Å²) in [6.45, 7) is 20.8. The van der Waals surface area contributed by atoms with Crippen molar-refractivity contribution in [2.24, 2.45) is 0 Å². The number of hydrogen-bond donors (Lipinski definition) is 4. The van der Waals surface area contributed by atoms with Crippen LogP contribution in [0.3, 0.4) is 0 Å². The minimum Gasteiger partial charge on any atom is -0.264 e. The lowest BCUT2D eigenvalue weighted by Crippen LogP contribution is -1.95. The van der Waals surface area contributed by atoms with Crippen LogP contribution in [-0.4, -0.2) is 82.8 Å². The monoisotopic (exact) mass is 785 g/mol. The maximum Gasteiger partial charge on any atom is 0.692 e. The molecule has 0 aromatic carbocycles. The zero-order chi connectivity index (χ0) is 37.9. The Labute approximate surface area is 306 Å². The Balaban J connectivity index is -0.000000171. The molecule has 4 N–H and O–H groups in total. The van der Waals surface area contributed by atoms with Gasteiger partial charge in [-0.25, -0.2) is 0 Å². The molecule has 48 heavy (non-hydrogen) atoms. The van der Waals surface area contributed by atoms with Crippen molar-refractivity contribution in [3.8, 4) is 0 Å². The summed E-state index contributed by atoms with van der Waals surface area (Å²) in [4.78, 5) is 14.2. The molecule has 0 spiro atoms. The van der Waals surface area contributed by atoms with Crippen LogP contribution in [0, 0.1) is 0 Å². The molecule has 0 aliphatic heterocycles. The fraction of sp³-hybridized carbons (Fsp3) is 1.00. The normalized spacial score (nSPS) is 10.8. The van der Waals surface area contributed by atoms with Gasteiger partial charge < -0.3 is 0 Å². The lowest BCUT2D eigenvalue weighted by atomic mass is 10.4. The lowest BCUT2D eigenvalue weighted by Gasteiger charge is -2.16. The maximum absolute atomic E-state index is 8.74. The van der Waals surface area contributed by atoms with Crippen LogP contribution in [0.4, 0.5) is 0 Å². The van der Waals surface area contributed by atoms with Crippen molar-refractivity contribution in [3.63, 3.8) is 0 Å². The van der Waals surface area contributed by atoms with E-state index < -0.39 is 18.7 Å². The average molecular weight is 786 g/mol. The molecule has 0 aromatic rings. The molecule has 0 aliphatic rings. The second-order valence-corrected chi connectivity index (χ2v) is 21.9. The molecule has 12 heteroatoms. The standard InChI is InChI=1S/3C12H27P.H2O4S.HO3P/c3*1-4-7-10-13(11-8-5-2)12-9-6-3;1-5(2,3)4;1-4(2)3/h3*4-12H2,1-3H3;(H2,1,2,3,4);(H-,1,2,3)/p+1. The van der Waals surface area contributed by atoms with E-state index in [-0.39, 0.29) is 0 Å². The summed E-state index contributed by atoms with van der Waals surface area (Å²) < 4.78 is 40.3. The second kappa shape index (κ2) is 50.3. The van der Waals surface area contributed by atoms with E-state index in [1.165, 1.54) is 116 Å². The molecule has 296 valence electrons. The molecule has 0 unspecified atom stereocenters. The topological polar surface area (TPSA) is 132 Å². The largest absolute Gasteiger partial charge is 0.692 e. The van der Waals surface area contributed by atoms with Gasteiger partial charge in [-0.15, -0.1) is 33.6 Å². The zero-order valence-electron chi connectivity index (χ0n) is 33.3. The molecule has 0 aromatic heterocycles. The Bertz CT molecular complexity index is 563. The van der Waals surface area contributed by atoms with E-state index in [0.29, 0.717) is 23.8 Å². The smallest absolute Gasteiger partial charge is 0.264 e. The third kappa shape index (κ3) is 72.8. The van der Waals surface area contributed by atoms with Gasteiger partial charge in [0, 0.05) is 4.57 Å². The molecule has 0 rings (SSSR count). The average Bonchev–Trinajstić information content (AvgIpc) is 3.03. The molecule has 0 fully saturated rings. The third-order valence-electron chi connectivity index (χ3n) is 7.45. The predicted octanol–water partition coefficient (Wildman–Crippen LogP) is 13.6. The Hall–Kier alpha value is 1.18. The number of unbranched alkanes of at least 4 members (excludes halogenated alkanes) is 9. The summed E-state index contributed by atoms with van der Waals surface area (Å²) in [5.74, 6) is 0. The summed E-state index contributed by atoms with van der Waals surface area (Å²) in [6.07, 6.45) is 39.6. The van der Waals surface area contributed by atoms with Crippen molar-refractivity contribution < 1.29 is 31.9 Å². The molecule has 0 saturated carbocycles. The first-order valence-electron chi connectivity index (χ1n) is 19.5. The highest BCUT2D eigenvalue weighted by molar-refractivity contribution is 7.79. The molecule has 0 aliphatic carbocycles. The van der Waals surface area contributed by atoms with Crippen LogP contribution in [0.5, 0.6) is 0 Å². The van der Waals surface area contributed by atoms with Gasteiger partial charge in [0.15, 0.2) is 0 Å². The lowest BCUT2D eigenvalue weighted by molar-refractivity contribution is 0.380. The highest BCUT2D eigenvalue weighted by atomic mass is 32.3. The van der Waals surface area contributed by atoms with Gasteiger partial charge >= 0.3 is 18.7 Å². The van der Waals surface area contributed by atoms with Crippen LogP contribution in [0.15, 0.2) is 0 Å². The third-order valence-corrected chi connectivity index (χ3v) is 16.0. The first-order chi connectivity index (χ1) is 22.8. The Morgan fingerprint density at radius 1 is 0.375 bits per heavy atom. The highest BCUT2D eigenvalue weighted by Gasteiger charge is 2.07. The number of hydrogen-bond acceptors (Lipinski definition) is 3. The van der Waals surface area contributed by atoms with Crippen LogP contribution in [-0.2, 0) is 15.0 Å². The van der Waals surface area contributed by atoms with Crippen LogP contribution in [0.25, 0.3) is 0 Å². The fourth-order valence-electron chi connectivity index (χ4n) is 4.44. The van der Waals surface area contributed by atoms with E-state index >= 15 is 0 Å². The van der Waals surface area contributed by atoms with Gasteiger partial charge in [0.25, 0.3) is 0 Å². The predicted molar refractivity (Wildman–Crippen MR) is 225 cm³/mol. The Kier molecular flexibility index (Phi) is 61.3. The first-order valence-corrected chi connectivity index (χ1v) is 27.7. The molecular formula is C36H85O7P4S+. The molecule has 0 bridgehead atoms. The van der Waals surface area contributed by atoms with Crippen LogP contribution in [0.2, 0.25) is 0 Å². The van der Waals surface area contributed by atoms with E-state index in [9.17, 15) is 0 Å². The fourth-order valence-corrected chi connectivity index (χ4v) is 13.3. The van der Waals surface area contributed by atoms with Gasteiger partial charge in [0.1, 0.15) is 0 Å². The van der Waals surface area contributed by atoms with Crippen molar-refractivity contribution in [2.45, 2.75) is 178 Å². The molecule has 0 heterocycles. The van der Waals surface area contributed by atoms with E-state index in [0.717, 1.165) is 0 Å². The van der Waals surface area contributed by atoms with E-state index in [4.69, 9.17) is 31.9 Å². The van der Waals surface area contributed by atoms with Crippen molar-refractivity contribution >= 4 is 42.4 Å². The van der Waals surface area contributed by atoms with Gasteiger partial charge in [-0.2, -0.15) is 8.42 Å². The molecule has 0 amide bonds. The van der Waals surface area contributed by atoms with Crippen LogP contribution >= 0.6 is 32.0 Å². The maximum atomic E-state index is 8.74. The van der Waals surface area contributed by atoms with Gasteiger partial charge in [-0.05, 0) is 113 Å². The summed E-state index contributed by atoms with van der Waals surface area (Å²) >= 11 is 0. The summed E-state index contributed by atoms with van der Waals surface area (Å²) in [5.41, 5.74) is 0. The first kappa shape index (κ1) is 58.5. The SMILES string of the molecule is CCCCP(CCCC)CCCC.CCCCP(CCCC)CCCC.CCCCP(CCCC)CCCC.O=S(=O)(O)O.O=[P+](O)O. The molecular weight excluding hydrogens is 700 g/mol. The van der Waals surface area contributed by atoms with Gasteiger partial charge in [0.2, 0.25) is 0 Å². The molecule has 0 radical (unpaired) electrons. The van der Waals surface area contributed by atoms with Crippen molar-refractivity contribution in [2.75, 3.05) is 55.5 Å². The van der Waals surface area contributed by atoms with Crippen molar-refractivity contribution in [1.82, 2.24) is 0 Å². The van der Waals surface area contributed by atoms with Gasteiger partial charge in [-0.3, -0.25) is 9.11 Å². The van der Waals surface area contributed by atoms with E-state index in [1.807, 2.05) is 0 Å². The molecule has 0 atom stereocenters. The highest BCUT2D eigenvalue weighted by Crippen LogP contribution is 2.40. The molecule has 0 saturated heterocycles. The van der Waals surface area contributed by atoms with Crippen LogP contribution in [0.1, 0.15) is 178 Å². The summed E-state index contributed by atoms with van der Waals surface area (Å²) in [7, 11) is -6.27. The Morgan fingerprint density at radius 3 is 0.521 bits per heavy atom. The Morgan fingerprint density at radius 2 is 0.458 bits per heavy atom. The van der Waals surface area contributed by atoms with Gasteiger partial charge in [-0.1, -0.05) is 120 Å². The van der Waals surface area contributed by atoms with E-state index in [2.05, 4.69) is 62.3 Å². The van der Waals surface area contributed by atoms with Crippen molar-refractivity contribution in [3.05, 3.63) is 0 Å². The molecule has 7 nitrogen and oxygen atoms in total. The summed E-state index contributed by atoms with van der Waals surface area (Å²) in [5, 5.41) is 0. The van der Waals surface area contributed by atoms with E-state index in [1.54, 1.807) is 55.5 Å². The quantitative estimate of drug-likeness (QED) is 0.0481. The summed E-state index contributed by atoms with van der Waals surface area (Å²) in [6, 6.07) is 0. The minimum atomic E-state index is -4.67. The van der Waals surface area contributed by atoms with Gasteiger partial charge in [0.05, 0.1) is 0 Å². The second-order valence-electron chi connectivity index (χ2n) is 12.4. The van der Waals surface area contributed by atoms with Crippen LogP contribution < -0.4 is 0 Å². The van der Waals surface area contributed by atoms with Crippen molar-refractivity contribution in [1.29, 1.82) is 0 Å².